The monoisotopic (exact) mass is 372 g/mol. The molecule has 3 heterocycles. The van der Waals surface area contributed by atoms with E-state index in [0.29, 0.717) is 6.54 Å². The van der Waals surface area contributed by atoms with Crippen LogP contribution in [0.1, 0.15) is 30.0 Å². The Morgan fingerprint density at radius 2 is 1.96 bits per heavy atom. The Balaban J connectivity index is 1.44. The highest BCUT2D eigenvalue weighted by atomic mass is 16.5. The van der Waals surface area contributed by atoms with Crippen molar-refractivity contribution in [1.82, 2.24) is 15.6 Å². The summed E-state index contributed by atoms with van der Waals surface area (Å²) in [4.78, 5) is 30.3. The third-order valence-corrected chi connectivity index (χ3v) is 4.20. The van der Waals surface area contributed by atoms with Gasteiger partial charge in [0.25, 0.3) is 5.91 Å². The zero-order valence-corrected chi connectivity index (χ0v) is 15.5. The lowest BCUT2D eigenvalue weighted by Gasteiger charge is -2.36. The van der Waals surface area contributed by atoms with E-state index in [2.05, 4.69) is 34.4 Å². The number of hydrogen-bond donors (Lipinski definition) is 2. The van der Waals surface area contributed by atoms with Crippen LogP contribution in [-0.4, -0.2) is 48.6 Å². The van der Waals surface area contributed by atoms with Gasteiger partial charge < -0.3 is 24.7 Å². The van der Waals surface area contributed by atoms with Crippen LogP contribution in [0, 0.1) is 0 Å². The average Bonchev–Trinajstić information content (AvgIpc) is 3.19. The van der Waals surface area contributed by atoms with E-state index in [9.17, 15) is 9.59 Å². The maximum atomic E-state index is 11.9. The molecule has 1 aliphatic rings. The lowest BCUT2D eigenvalue weighted by Crippen LogP contribution is -2.45. The predicted molar refractivity (Wildman–Crippen MR) is 99.3 cm³/mol. The summed E-state index contributed by atoms with van der Waals surface area (Å²) in [5.74, 6) is 0.372. The molecule has 8 nitrogen and oxygen atoms in total. The fraction of sp³-hybridized carbons (Fsp3) is 0.421. The highest BCUT2D eigenvalue weighted by Gasteiger charge is 2.22. The molecule has 0 aromatic carbocycles. The number of carbonyl (C=O) groups is 2. The van der Waals surface area contributed by atoms with Gasteiger partial charge in [0.05, 0.1) is 25.0 Å². The van der Waals surface area contributed by atoms with Crippen LogP contribution in [0.5, 0.6) is 0 Å². The van der Waals surface area contributed by atoms with E-state index in [0.717, 1.165) is 24.5 Å². The first kappa shape index (κ1) is 18.9. The van der Waals surface area contributed by atoms with Gasteiger partial charge in [0.15, 0.2) is 5.76 Å². The second kappa shape index (κ2) is 8.68. The molecule has 0 saturated carbocycles. The van der Waals surface area contributed by atoms with Gasteiger partial charge in [-0.25, -0.2) is 4.98 Å². The van der Waals surface area contributed by atoms with Crippen molar-refractivity contribution in [2.75, 3.05) is 24.5 Å². The Bertz CT molecular complexity index is 751. The molecule has 2 atom stereocenters. The second-order valence-electron chi connectivity index (χ2n) is 6.62. The van der Waals surface area contributed by atoms with Gasteiger partial charge in [0.1, 0.15) is 5.82 Å². The molecular weight excluding hydrogens is 348 g/mol. The van der Waals surface area contributed by atoms with Crippen LogP contribution in [0.4, 0.5) is 5.82 Å². The smallest absolute Gasteiger partial charge is 0.287 e. The molecule has 1 saturated heterocycles. The zero-order chi connectivity index (χ0) is 19.2. The number of furan rings is 1. The lowest BCUT2D eigenvalue weighted by atomic mass is 10.2. The molecule has 144 valence electrons. The molecule has 3 rings (SSSR count). The summed E-state index contributed by atoms with van der Waals surface area (Å²) in [7, 11) is 0. The number of nitrogens with one attached hydrogen (secondary N) is 2. The number of pyridine rings is 1. The maximum absolute atomic E-state index is 11.9. The highest BCUT2D eigenvalue weighted by Crippen LogP contribution is 2.18. The first-order valence-electron chi connectivity index (χ1n) is 8.95. The van der Waals surface area contributed by atoms with Gasteiger partial charge in [0.2, 0.25) is 5.91 Å². The highest BCUT2D eigenvalue weighted by molar-refractivity contribution is 5.94. The number of aromatic nitrogens is 1. The van der Waals surface area contributed by atoms with Crippen LogP contribution in [0.15, 0.2) is 41.1 Å². The van der Waals surface area contributed by atoms with Crippen molar-refractivity contribution in [1.29, 1.82) is 0 Å². The van der Waals surface area contributed by atoms with Crippen LogP contribution >= 0.6 is 0 Å². The first-order valence-corrected chi connectivity index (χ1v) is 8.95. The van der Waals surface area contributed by atoms with E-state index in [1.54, 1.807) is 12.3 Å². The average molecular weight is 372 g/mol. The molecule has 0 unspecified atom stereocenters. The number of nitrogens with zero attached hydrogens (tertiary/aromatic N) is 2. The molecule has 0 bridgehead atoms. The number of ether oxygens (including phenoxy) is 1. The molecule has 0 radical (unpaired) electrons. The molecule has 1 aliphatic heterocycles. The van der Waals surface area contributed by atoms with Gasteiger partial charge in [0, 0.05) is 25.8 Å². The second-order valence-corrected chi connectivity index (χ2v) is 6.62. The fourth-order valence-electron chi connectivity index (χ4n) is 2.99. The minimum Gasteiger partial charge on any atom is -0.459 e. The number of morpholine rings is 1. The largest absolute Gasteiger partial charge is 0.459 e. The van der Waals surface area contributed by atoms with E-state index >= 15 is 0 Å². The third kappa shape index (κ3) is 5.30. The third-order valence-electron chi connectivity index (χ3n) is 4.20. The molecule has 0 aliphatic carbocycles. The van der Waals surface area contributed by atoms with E-state index < -0.39 is 5.91 Å². The van der Waals surface area contributed by atoms with E-state index in [4.69, 9.17) is 9.15 Å². The lowest BCUT2D eigenvalue weighted by molar-refractivity contribution is -0.120. The summed E-state index contributed by atoms with van der Waals surface area (Å²) in [6.45, 7) is 5.95. The van der Waals surface area contributed by atoms with Crippen molar-refractivity contribution in [3.05, 3.63) is 48.0 Å². The molecule has 2 amide bonds. The van der Waals surface area contributed by atoms with Gasteiger partial charge in [-0.15, -0.1) is 0 Å². The summed E-state index contributed by atoms with van der Waals surface area (Å²) in [5.41, 5.74) is 0.888. The summed E-state index contributed by atoms with van der Waals surface area (Å²) >= 11 is 0. The Morgan fingerprint density at radius 1 is 1.19 bits per heavy atom. The van der Waals surface area contributed by atoms with Crippen molar-refractivity contribution in [3.63, 3.8) is 0 Å². The van der Waals surface area contributed by atoms with E-state index in [1.807, 2.05) is 12.1 Å². The number of carbonyl (C=O) groups excluding carboxylic acids is 2. The SMILES string of the molecule is C[C@@H]1CN(c2ccc(CNC(=O)CNC(=O)c3ccco3)cn2)C[C@@H](C)O1. The molecule has 27 heavy (non-hydrogen) atoms. The molecular formula is C19H24N4O4. The predicted octanol–water partition coefficient (Wildman–Crippen LogP) is 1.33. The fourth-order valence-corrected chi connectivity index (χ4v) is 2.99. The van der Waals surface area contributed by atoms with E-state index in [-0.39, 0.29) is 30.4 Å². The number of hydrogen-bond acceptors (Lipinski definition) is 6. The number of anilines is 1. The normalized spacial score (nSPS) is 19.6. The summed E-state index contributed by atoms with van der Waals surface area (Å²) < 4.78 is 10.7. The molecule has 1 fully saturated rings. The van der Waals surface area contributed by atoms with Crippen LogP contribution in [-0.2, 0) is 16.1 Å². The van der Waals surface area contributed by atoms with Crippen LogP contribution < -0.4 is 15.5 Å². The van der Waals surface area contributed by atoms with Crippen molar-refractivity contribution >= 4 is 17.6 Å². The van der Waals surface area contributed by atoms with Gasteiger partial charge >= 0.3 is 0 Å². The molecule has 2 aromatic rings. The summed E-state index contributed by atoms with van der Waals surface area (Å²) in [6.07, 6.45) is 3.50. The van der Waals surface area contributed by atoms with E-state index in [1.165, 1.54) is 12.3 Å². The van der Waals surface area contributed by atoms with Gasteiger partial charge in [-0.2, -0.15) is 0 Å². The first-order chi connectivity index (χ1) is 13.0. The minimum atomic E-state index is -0.421. The van der Waals surface area contributed by atoms with Crippen molar-refractivity contribution < 1.29 is 18.7 Å². The Labute approximate surface area is 157 Å². The van der Waals surface area contributed by atoms with Crippen molar-refractivity contribution in [2.45, 2.75) is 32.6 Å². The Morgan fingerprint density at radius 3 is 2.59 bits per heavy atom. The number of amides is 2. The zero-order valence-electron chi connectivity index (χ0n) is 15.5. The molecule has 0 spiro atoms. The minimum absolute atomic E-state index is 0.116. The summed E-state index contributed by atoms with van der Waals surface area (Å²) in [5, 5.41) is 5.26. The molecule has 2 aromatic heterocycles. The summed E-state index contributed by atoms with van der Waals surface area (Å²) in [6, 6.07) is 7.04. The van der Waals surface area contributed by atoms with Crippen LogP contribution in [0.2, 0.25) is 0 Å². The quantitative estimate of drug-likeness (QED) is 0.794. The topological polar surface area (TPSA) is 96.7 Å². The van der Waals surface area contributed by atoms with Gasteiger partial charge in [-0.1, -0.05) is 6.07 Å². The number of rotatable bonds is 6. The van der Waals surface area contributed by atoms with Gasteiger partial charge in [-0.3, -0.25) is 9.59 Å². The molecule has 2 N–H and O–H groups in total. The van der Waals surface area contributed by atoms with Crippen molar-refractivity contribution in [2.24, 2.45) is 0 Å². The maximum Gasteiger partial charge on any atom is 0.287 e. The van der Waals surface area contributed by atoms with Crippen molar-refractivity contribution in [3.8, 4) is 0 Å². The van der Waals surface area contributed by atoms with Gasteiger partial charge in [-0.05, 0) is 37.6 Å². The van der Waals surface area contributed by atoms with Crippen LogP contribution in [0.3, 0.4) is 0 Å². The molecule has 8 heteroatoms. The standard InChI is InChI=1S/C19H24N4O4/c1-13-11-23(12-14(2)27-13)17-6-5-15(8-20-17)9-21-18(24)10-22-19(25)16-4-3-7-26-16/h3-8,13-14H,9-12H2,1-2H3,(H,21,24)(H,22,25)/t13-,14-/m1/s1. The Kier molecular flexibility index (Phi) is 6.08. The van der Waals surface area contributed by atoms with Crippen LogP contribution in [0.25, 0.3) is 0 Å². The Hall–Kier alpha value is -2.87.